The lowest BCUT2D eigenvalue weighted by molar-refractivity contribution is 0.0722. The lowest BCUT2D eigenvalue weighted by Crippen LogP contribution is -2.39. The average molecular weight is 275 g/mol. The van der Waals surface area contributed by atoms with Crippen LogP contribution in [-0.4, -0.2) is 29.6 Å². The summed E-state index contributed by atoms with van der Waals surface area (Å²) in [6.07, 6.45) is 4.72. The van der Waals surface area contributed by atoms with E-state index in [2.05, 4.69) is 44.9 Å². The molecule has 0 aromatic heterocycles. The Bertz CT molecular complexity index is 414. The molecule has 0 spiro atoms. The van der Waals surface area contributed by atoms with Crippen LogP contribution in [0.2, 0.25) is 0 Å². The van der Waals surface area contributed by atoms with Crippen molar-refractivity contribution in [2.75, 3.05) is 13.6 Å². The van der Waals surface area contributed by atoms with Crippen LogP contribution in [0.15, 0.2) is 24.3 Å². The third kappa shape index (κ3) is 4.07. The standard InChI is InChI=1S/C18H29NO/c1-14-5-7-15(8-6-14)17(20)13-19(4)16-9-11-18(2,3)12-10-16/h5-8,16-17,20H,9-13H2,1-4H3. The molecule has 1 aliphatic carbocycles. The minimum atomic E-state index is -0.379. The van der Waals surface area contributed by atoms with Gasteiger partial charge in [-0.05, 0) is 50.6 Å². The average Bonchev–Trinajstić information content (AvgIpc) is 2.39. The minimum Gasteiger partial charge on any atom is -0.387 e. The fourth-order valence-corrected chi connectivity index (χ4v) is 3.14. The molecule has 1 unspecified atom stereocenters. The second kappa shape index (κ2) is 6.28. The van der Waals surface area contributed by atoms with Crippen LogP contribution >= 0.6 is 0 Å². The van der Waals surface area contributed by atoms with Crippen molar-refractivity contribution in [2.45, 2.75) is 58.6 Å². The number of aryl methyl sites for hydroxylation is 1. The van der Waals surface area contributed by atoms with Gasteiger partial charge in [-0.1, -0.05) is 43.7 Å². The molecule has 0 radical (unpaired) electrons. The van der Waals surface area contributed by atoms with E-state index in [1.165, 1.54) is 31.2 Å². The molecule has 1 saturated carbocycles. The van der Waals surface area contributed by atoms with Crippen molar-refractivity contribution >= 4 is 0 Å². The summed E-state index contributed by atoms with van der Waals surface area (Å²) >= 11 is 0. The number of nitrogens with zero attached hydrogens (tertiary/aromatic N) is 1. The SMILES string of the molecule is Cc1ccc(C(O)CN(C)C2CCC(C)(C)CC2)cc1. The molecule has 112 valence electrons. The van der Waals surface area contributed by atoms with Crippen molar-refractivity contribution < 1.29 is 5.11 Å². The summed E-state index contributed by atoms with van der Waals surface area (Å²) in [6, 6.07) is 8.85. The summed E-state index contributed by atoms with van der Waals surface area (Å²) in [7, 11) is 2.15. The normalized spacial score (nSPS) is 21.1. The summed E-state index contributed by atoms with van der Waals surface area (Å²) in [4.78, 5) is 2.35. The number of likely N-dealkylation sites (N-methyl/N-ethyl adjacent to an activating group) is 1. The van der Waals surface area contributed by atoms with E-state index < -0.39 is 0 Å². The Morgan fingerprint density at radius 2 is 1.75 bits per heavy atom. The third-order valence-electron chi connectivity index (χ3n) is 4.86. The van der Waals surface area contributed by atoms with Gasteiger partial charge >= 0.3 is 0 Å². The van der Waals surface area contributed by atoms with Gasteiger partial charge in [-0.3, -0.25) is 0 Å². The first kappa shape index (κ1) is 15.5. The fourth-order valence-electron chi connectivity index (χ4n) is 3.14. The zero-order valence-corrected chi connectivity index (χ0v) is 13.4. The van der Waals surface area contributed by atoms with E-state index in [4.69, 9.17) is 0 Å². The van der Waals surface area contributed by atoms with Crippen LogP contribution in [0.3, 0.4) is 0 Å². The molecule has 1 aromatic carbocycles. The maximum absolute atomic E-state index is 10.4. The molecule has 0 amide bonds. The van der Waals surface area contributed by atoms with Gasteiger partial charge in [-0.2, -0.15) is 0 Å². The molecule has 1 N–H and O–H groups in total. The quantitative estimate of drug-likeness (QED) is 0.900. The van der Waals surface area contributed by atoms with Gasteiger partial charge in [-0.25, -0.2) is 0 Å². The van der Waals surface area contributed by atoms with Crippen molar-refractivity contribution in [2.24, 2.45) is 5.41 Å². The monoisotopic (exact) mass is 275 g/mol. The van der Waals surface area contributed by atoms with Crippen LogP contribution < -0.4 is 0 Å². The topological polar surface area (TPSA) is 23.5 Å². The molecule has 0 aliphatic heterocycles. The highest BCUT2D eigenvalue weighted by Gasteiger charge is 2.29. The van der Waals surface area contributed by atoms with Gasteiger partial charge in [0.1, 0.15) is 0 Å². The number of aliphatic hydroxyl groups excluding tert-OH is 1. The van der Waals surface area contributed by atoms with Crippen LogP contribution in [0.25, 0.3) is 0 Å². The summed E-state index contributed by atoms with van der Waals surface area (Å²) in [6.45, 7) is 7.54. The Balaban J connectivity index is 1.88. The molecule has 1 atom stereocenters. The Kier molecular flexibility index (Phi) is 4.87. The molecule has 20 heavy (non-hydrogen) atoms. The zero-order valence-electron chi connectivity index (χ0n) is 13.4. The molecule has 0 heterocycles. The van der Waals surface area contributed by atoms with Gasteiger partial charge in [0.2, 0.25) is 0 Å². The highest BCUT2D eigenvalue weighted by atomic mass is 16.3. The van der Waals surface area contributed by atoms with Crippen molar-refractivity contribution in [3.8, 4) is 0 Å². The summed E-state index contributed by atoms with van der Waals surface area (Å²) in [5.74, 6) is 0. The molecule has 0 bridgehead atoms. The predicted molar refractivity (Wildman–Crippen MR) is 84.8 cm³/mol. The number of aliphatic hydroxyl groups is 1. The van der Waals surface area contributed by atoms with E-state index in [0.717, 1.165) is 12.1 Å². The van der Waals surface area contributed by atoms with Gasteiger partial charge in [0.05, 0.1) is 6.10 Å². The van der Waals surface area contributed by atoms with Crippen molar-refractivity contribution in [1.82, 2.24) is 4.90 Å². The Labute approximate surface area is 123 Å². The Morgan fingerprint density at radius 1 is 1.20 bits per heavy atom. The van der Waals surface area contributed by atoms with Crippen LogP contribution in [0.5, 0.6) is 0 Å². The van der Waals surface area contributed by atoms with Gasteiger partial charge < -0.3 is 10.0 Å². The van der Waals surface area contributed by atoms with Crippen molar-refractivity contribution in [3.05, 3.63) is 35.4 Å². The molecular weight excluding hydrogens is 246 g/mol. The molecule has 2 nitrogen and oxygen atoms in total. The van der Waals surface area contributed by atoms with Crippen LogP contribution in [0, 0.1) is 12.3 Å². The summed E-state index contributed by atoms with van der Waals surface area (Å²) < 4.78 is 0. The molecule has 0 saturated heterocycles. The molecule has 2 heteroatoms. The van der Waals surface area contributed by atoms with E-state index >= 15 is 0 Å². The Hall–Kier alpha value is -0.860. The largest absolute Gasteiger partial charge is 0.387 e. The van der Waals surface area contributed by atoms with Crippen LogP contribution in [-0.2, 0) is 0 Å². The van der Waals surface area contributed by atoms with Crippen LogP contribution in [0.4, 0.5) is 0 Å². The first-order valence-corrected chi connectivity index (χ1v) is 7.82. The summed E-state index contributed by atoms with van der Waals surface area (Å²) in [5.41, 5.74) is 2.77. The van der Waals surface area contributed by atoms with E-state index in [0.29, 0.717) is 11.5 Å². The van der Waals surface area contributed by atoms with Crippen molar-refractivity contribution in [1.29, 1.82) is 0 Å². The minimum absolute atomic E-state index is 0.379. The smallest absolute Gasteiger partial charge is 0.0916 e. The maximum atomic E-state index is 10.4. The highest BCUT2D eigenvalue weighted by molar-refractivity contribution is 5.23. The highest BCUT2D eigenvalue weighted by Crippen LogP contribution is 2.36. The first-order chi connectivity index (χ1) is 9.37. The predicted octanol–water partition coefficient (Wildman–Crippen LogP) is 3.93. The third-order valence-corrected chi connectivity index (χ3v) is 4.86. The molecular formula is C18H29NO. The second-order valence-electron chi connectivity index (χ2n) is 7.26. The first-order valence-electron chi connectivity index (χ1n) is 7.82. The van der Waals surface area contributed by atoms with Gasteiger partial charge in [0.25, 0.3) is 0 Å². The number of hydrogen-bond donors (Lipinski definition) is 1. The Morgan fingerprint density at radius 3 is 2.30 bits per heavy atom. The molecule has 1 aromatic rings. The van der Waals surface area contributed by atoms with Crippen molar-refractivity contribution in [3.63, 3.8) is 0 Å². The maximum Gasteiger partial charge on any atom is 0.0916 e. The molecule has 1 fully saturated rings. The lowest BCUT2D eigenvalue weighted by atomic mass is 9.75. The van der Waals surface area contributed by atoms with Gasteiger partial charge in [0.15, 0.2) is 0 Å². The molecule has 1 aliphatic rings. The van der Waals surface area contributed by atoms with Gasteiger partial charge in [0, 0.05) is 12.6 Å². The second-order valence-corrected chi connectivity index (χ2v) is 7.26. The van der Waals surface area contributed by atoms with E-state index in [9.17, 15) is 5.11 Å². The summed E-state index contributed by atoms with van der Waals surface area (Å²) in [5, 5.41) is 10.4. The number of rotatable bonds is 4. The van der Waals surface area contributed by atoms with E-state index in [1.807, 2.05) is 12.1 Å². The number of hydrogen-bond acceptors (Lipinski definition) is 2. The van der Waals surface area contributed by atoms with Crippen LogP contribution in [0.1, 0.15) is 56.8 Å². The molecule has 2 rings (SSSR count). The van der Waals surface area contributed by atoms with E-state index in [1.54, 1.807) is 0 Å². The van der Waals surface area contributed by atoms with E-state index in [-0.39, 0.29) is 6.10 Å². The zero-order chi connectivity index (χ0) is 14.8. The number of benzene rings is 1. The van der Waals surface area contributed by atoms with Gasteiger partial charge in [-0.15, -0.1) is 0 Å². The fraction of sp³-hybridized carbons (Fsp3) is 0.667. The lowest BCUT2D eigenvalue weighted by Gasteiger charge is -2.39.